The molecule has 0 aromatic heterocycles. The minimum atomic E-state index is -0.180. The highest BCUT2D eigenvalue weighted by Gasteiger charge is 2.56. The van der Waals surface area contributed by atoms with E-state index >= 15 is 0 Å². The van der Waals surface area contributed by atoms with Gasteiger partial charge in [-0.25, -0.2) is 4.79 Å². The standard InChI is InChI=1S/C28H39N3O2/c1-27-10-8-21(29-31-14-12-30(3)13-15-31)17-20(27)4-5-22-24-7-6-23(19-16-26(32)33-18-19)28(24,2)11-9-25(22)27/h6-7,16,20,22,25H,4-5,8-15,17-18H2,1-3H3/t20-,22+,25-,27-,28+/m0/s1. The summed E-state index contributed by atoms with van der Waals surface area (Å²) in [5.74, 6) is 2.07. The van der Waals surface area contributed by atoms with E-state index in [4.69, 9.17) is 9.84 Å². The lowest BCUT2D eigenvalue weighted by Crippen LogP contribution is -2.51. The summed E-state index contributed by atoms with van der Waals surface area (Å²) in [4.78, 5) is 14.1. The molecule has 2 heterocycles. The van der Waals surface area contributed by atoms with Crippen molar-refractivity contribution in [1.29, 1.82) is 0 Å². The first kappa shape index (κ1) is 21.6. The number of allylic oxidation sites excluding steroid dienone is 3. The first-order chi connectivity index (χ1) is 15.9. The smallest absolute Gasteiger partial charge is 0.331 e. The molecule has 0 aromatic carbocycles. The summed E-state index contributed by atoms with van der Waals surface area (Å²) in [6, 6.07) is 0. The van der Waals surface area contributed by atoms with E-state index in [1.54, 1.807) is 11.6 Å². The number of hydrogen-bond acceptors (Lipinski definition) is 5. The summed E-state index contributed by atoms with van der Waals surface area (Å²) in [7, 11) is 2.21. The molecule has 33 heavy (non-hydrogen) atoms. The van der Waals surface area contributed by atoms with Crippen LogP contribution in [0.2, 0.25) is 0 Å². The molecule has 0 aromatic rings. The van der Waals surface area contributed by atoms with E-state index in [0.717, 1.165) is 43.6 Å². The van der Waals surface area contributed by atoms with Gasteiger partial charge in [-0.1, -0.05) is 31.6 Å². The molecule has 0 amide bonds. The summed E-state index contributed by atoms with van der Waals surface area (Å²) < 4.78 is 5.25. The van der Waals surface area contributed by atoms with E-state index in [0.29, 0.717) is 17.9 Å². The fourth-order valence-electron chi connectivity index (χ4n) is 8.23. The number of esters is 1. The van der Waals surface area contributed by atoms with Crippen LogP contribution in [0.5, 0.6) is 0 Å². The highest BCUT2D eigenvalue weighted by Crippen LogP contribution is 2.65. The maximum Gasteiger partial charge on any atom is 0.331 e. The summed E-state index contributed by atoms with van der Waals surface area (Å²) in [6.07, 6.45) is 15.3. The van der Waals surface area contributed by atoms with Crippen LogP contribution in [0.25, 0.3) is 0 Å². The zero-order valence-corrected chi connectivity index (χ0v) is 20.6. The number of fused-ring (bicyclic) bond motifs is 5. The molecular formula is C28H39N3O2. The highest BCUT2D eigenvalue weighted by molar-refractivity contribution is 5.87. The minimum absolute atomic E-state index is 0.0902. The molecule has 178 valence electrons. The Kier molecular flexibility index (Phi) is 5.13. The average molecular weight is 450 g/mol. The lowest BCUT2D eigenvalue weighted by molar-refractivity contribution is -0.134. The number of carbonyl (C=O) groups is 1. The van der Waals surface area contributed by atoms with Crippen LogP contribution < -0.4 is 0 Å². The Balaban J connectivity index is 1.18. The molecule has 5 atom stereocenters. The molecule has 4 aliphatic carbocycles. The largest absolute Gasteiger partial charge is 0.458 e. The molecule has 0 N–H and O–H groups in total. The molecule has 3 saturated carbocycles. The van der Waals surface area contributed by atoms with Gasteiger partial charge in [-0.3, -0.25) is 5.01 Å². The predicted octanol–water partition coefficient (Wildman–Crippen LogP) is 4.57. The van der Waals surface area contributed by atoms with Crippen molar-refractivity contribution < 1.29 is 9.53 Å². The van der Waals surface area contributed by atoms with Gasteiger partial charge in [0.15, 0.2) is 0 Å². The molecule has 5 nitrogen and oxygen atoms in total. The number of likely N-dealkylation sites (N-methyl/N-ethyl adjacent to an activating group) is 1. The maximum absolute atomic E-state index is 11.7. The van der Waals surface area contributed by atoms with Crippen LogP contribution in [-0.2, 0) is 9.53 Å². The molecule has 5 heteroatoms. The van der Waals surface area contributed by atoms with Gasteiger partial charge in [0.2, 0.25) is 0 Å². The monoisotopic (exact) mass is 449 g/mol. The second kappa shape index (κ2) is 7.83. The van der Waals surface area contributed by atoms with Crippen LogP contribution in [-0.4, -0.2) is 61.4 Å². The van der Waals surface area contributed by atoms with Crippen LogP contribution in [0.1, 0.15) is 58.8 Å². The topological polar surface area (TPSA) is 45.1 Å². The zero-order chi connectivity index (χ0) is 22.8. The molecule has 4 fully saturated rings. The Morgan fingerprint density at radius 3 is 2.64 bits per heavy atom. The molecule has 6 aliphatic rings. The lowest BCUT2D eigenvalue weighted by Gasteiger charge is -2.59. The van der Waals surface area contributed by atoms with Gasteiger partial charge in [-0.15, -0.1) is 0 Å². The summed E-state index contributed by atoms with van der Waals surface area (Å²) in [5.41, 5.74) is 6.08. The van der Waals surface area contributed by atoms with Gasteiger partial charge < -0.3 is 9.64 Å². The second-order valence-electron chi connectivity index (χ2n) is 12.0. The van der Waals surface area contributed by atoms with E-state index in [-0.39, 0.29) is 11.4 Å². The van der Waals surface area contributed by atoms with Crippen molar-refractivity contribution in [2.24, 2.45) is 33.7 Å². The Morgan fingerprint density at radius 2 is 1.88 bits per heavy atom. The van der Waals surface area contributed by atoms with Crippen LogP contribution in [0.3, 0.4) is 0 Å². The Bertz CT molecular complexity index is 970. The van der Waals surface area contributed by atoms with E-state index in [1.165, 1.54) is 56.2 Å². The number of hydrazone groups is 1. The maximum atomic E-state index is 11.7. The molecule has 6 rings (SSSR count). The lowest BCUT2D eigenvalue weighted by atomic mass is 9.46. The van der Waals surface area contributed by atoms with E-state index in [2.05, 4.69) is 43.0 Å². The van der Waals surface area contributed by atoms with Crippen molar-refractivity contribution in [1.82, 2.24) is 9.91 Å². The normalized spacial score (nSPS) is 42.2. The Labute approximate surface area is 198 Å². The number of rotatable bonds is 2. The fourth-order valence-corrected chi connectivity index (χ4v) is 8.23. The van der Waals surface area contributed by atoms with Crippen molar-refractivity contribution in [3.8, 4) is 0 Å². The summed E-state index contributed by atoms with van der Waals surface area (Å²) in [5, 5.41) is 7.47. The number of cyclic esters (lactones) is 1. The van der Waals surface area contributed by atoms with E-state index in [1.807, 2.05) is 0 Å². The zero-order valence-electron chi connectivity index (χ0n) is 20.6. The highest BCUT2D eigenvalue weighted by atomic mass is 16.5. The molecule has 2 aliphatic heterocycles. The number of carbonyl (C=O) groups excluding carboxylic acids is 1. The molecule has 0 radical (unpaired) electrons. The van der Waals surface area contributed by atoms with Crippen LogP contribution in [0.4, 0.5) is 0 Å². The minimum Gasteiger partial charge on any atom is -0.458 e. The van der Waals surface area contributed by atoms with Crippen molar-refractivity contribution in [3.63, 3.8) is 0 Å². The van der Waals surface area contributed by atoms with Gasteiger partial charge in [0.05, 0.1) is 0 Å². The Hall–Kier alpha value is -1.88. The molecule has 1 saturated heterocycles. The third kappa shape index (κ3) is 3.45. The third-order valence-corrected chi connectivity index (χ3v) is 10.3. The first-order valence-corrected chi connectivity index (χ1v) is 13.2. The summed E-state index contributed by atoms with van der Waals surface area (Å²) in [6.45, 7) is 9.88. The van der Waals surface area contributed by atoms with E-state index in [9.17, 15) is 4.79 Å². The van der Waals surface area contributed by atoms with Gasteiger partial charge in [0.1, 0.15) is 6.61 Å². The van der Waals surface area contributed by atoms with Crippen molar-refractivity contribution in [2.45, 2.75) is 58.8 Å². The summed E-state index contributed by atoms with van der Waals surface area (Å²) >= 11 is 0. The third-order valence-electron chi connectivity index (χ3n) is 10.3. The quantitative estimate of drug-likeness (QED) is 0.579. The van der Waals surface area contributed by atoms with Gasteiger partial charge in [0, 0.05) is 49.0 Å². The van der Waals surface area contributed by atoms with Crippen molar-refractivity contribution in [2.75, 3.05) is 39.8 Å². The van der Waals surface area contributed by atoms with Gasteiger partial charge in [-0.05, 0) is 80.7 Å². The van der Waals surface area contributed by atoms with Gasteiger partial charge in [0.25, 0.3) is 0 Å². The molecule has 0 spiro atoms. The second-order valence-corrected chi connectivity index (χ2v) is 12.0. The molecule has 0 bridgehead atoms. The van der Waals surface area contributed by atoms with Crippen LogP contribution in [0.15, 0.2) is 40.0 Å². The van der Waals surface area contributed by atoms with Gasteiger partial charge in [-0.2, -0.15) is 5.10 Å². The Morgan fingerprint density at radius 1 is 1.06 bits per heavy atom. The van der Waals surface area contributed by atoms with Crippen LogP contribution in [0, 0.1) is 28.6 Å². The first-order valence-electron chi connectivity index (χ1n) is 13.2. The number of hydrogen-bond donors (Lipinski definition) is 0. The van der Waals surface area contributed by atoms with Crippen molar-refractivity contribution in [3.05, 3.63) is 34.9 Å². The fraction of sp³-hybridized carbons (Fsp3) is 0.714. The predicted molar refractivity (Wildman–Crippen MR) is 131 cm³/mol. The van der Waals surface area contributed by atoms with E-state index < -0.39 is 0 Å². The van der Waals surface area contributed by atoms with Crippen molar-refractivity contribution >= 4 is 11.7 Å². The average Bonchev–Trinajstić information content (AvgIpc) is 3.38. The number of ether oxygens (including phenoxy) is 1. The molecular weight excluding hydrogens is 410 g/mol. The molecule has 0 unspecified atom stereocenters. The SMILES string of the molecule is CN1CCN(N=C2CC[C@@]3(C)[C@@H](CC[C@@H]4C5=CC=C(C6=CC(=O)OC6)[C@@]5(C)CC[C@@H]43)C2)CC1. The van der Waals surface area contributed by atoms with Gasteiger partial charge >= 0.3 is 5.97 Å². The number of piperazine rings is 1. The number of nitrogens with zero attached hydrogens (tertiary/aromatic N) is 3. The van der Waals surface area contributed by atoms with Crippen LogP contribution >= 0.6 is 0 Å².